The van der Waals surface area contributed by atoms with Crippen LogP contribution in [0.1, 0.15) is 36.1 Å². The van der Waals surface area contributed by atoms with Crippen molar-refractivity contribution in [3.63, 3.8) is 0 Å². The largest absolute Gasteiger partial charge is 0.398 e. The number of rotatable bonds is 8. The summed E-state index contributed by atoms with van der Waals surface area (Å²) < 4.78 is 0. The molecule has 0 saturated carbocycles. The fourth-order valence-corrected chi connectivity index (χ4v) is 5.91. The summed E-state index contributed by atoms with van der Waals surface area (Å²) in [7, 11) is 0. The molecule has 0 spiro atoms. The van der Waals surface area contributed by atoms with Crippen LogP contribution in [0.2, 0.25) is 0 Å². The van der Waals surface area contributed by atoms with E-state index in [0.717, 1.165) is 44.6 Å². The van der Waals surface area contributed by atoms with E-state index in [1.165, 1.54) is 38.9 Å². The van der Waals surface area contributed by atoms with Crippen LogP contribution in [0.15, 0.2) is 160 Å². The number of hydrogen-bond acceptors (Lipinski definition) is 3. The number of nitrogens with two attached hydrogens (primary N) is 1. The summed E-state index contributed by atoms with van der Waals surface area (Å²) >= 11 is 0. The second-order valence-electron chi connectivity index (χ2n) is 11.5. The maximum Gasteiger partial charge on any atom is 0.0702 e. The van der Waals surface area contributed by atoms with Gasteiger partial charge >= 0.3 is 0 Å². The highest BCUT2D eigenvalue weighted by Gasteiger charge is 2.19. The molecule has 6 aromatic rings. The Kier molecular flexibility index (Phi) is 12.9. The van der Waals surface area contributed by atoms with Crippen LogP contribution in [0.25, 0.3) is 72.9 Å². The summed E-state index contributed by atoms with van der Waals surface area (Å²) in [5.41, 5.74) is 17.7. The number of allylic oxidation sites excluding steroid dienone is 5. The third-order valence-corrected chi connectivity index (χ3v) is 8.17. The van der Waals surface area contributed by atoms with E-state index in [1.807, 2.05) is 55.6 Å². The smallest absolute Gasteiger partial charge is 0.0702 e. The maximum absolute atomic E-state index is 6.22. The van der Waals surface area contributed by atoms with E-state index in [-0.39, 0.29) is 0 Å². The molecule has 1 heterocycles. The van der Waals surface area contributed by atoms with E-state index in [4.69, 9.17) is 16.1 Å². The van der Waals surface area contributed by atoms with Crippen molar-refractivity contribution in [2.24, 2.45) is 5.73 Å². The van der Waals surface area contributed by atoms with Gasteiger partial charge in [-0.15, -0.1) is 0 Å². The topological polar surface area (TPSA) is 62.8 Å². The molecular formula is C47H45N3. The molecule has 0 radical (unpaired) electrons. The number of aromatic nitrogens is 1. The van der Waals surface area contributed by atoms with Crippen molar-refractivity contribution in [3.05, 3.63) is 182 Å². The van der Waals surface area contributed by atoms with Crippen LogP contribution in [0.5, 0.6) is 0 Å². The molecule has 0 fully saturated rings. The normalized spacial score (nSPS) is 10.8. The third-order valence-electron chi connectivity index (χ3n) is 8.17. The second-order valence-corrected chi connectivity index (χ2v) is 11.5. The molecule has 0 amide bonds. The highest BCUT2D eigenvalue weighted by Crippen LogP contribution is 2.44. The summed E-state index contributed by atoms with van der Waals surface area (Å²) in [5.74, 6) is 0. The zero-order valence-electron chi connectivity index (χ0n) is 29.3. The molecule has 0 aliphatic carbocycles. The Bertz CT molecular complexity index is 2220. The molecule has 0 unspecified atom stereocenters. The number of benzene rings is 5. The van der Waals surface area contributed by atoms with Crippen molar-refractivity contribution in [2.45, 2.75) is 20.8 Å². The van der Waals surface area contributed by atoms with E-state index in [1.54, 1.807) is 19.1 Å². The average molecular weight is 652 g/mol. The Labute approximate surface area is 297 Å². The first-order valence-electron chi connectivity index (χ1n) is 16.5. The predicted molar refractivity (Wildman–Crippen MR) is 222 cm³/mol. The fourth-order valence-electron chi connectivity index (χ4n) is 5.91. The predicted octanol–water partition coefficient (Wildman–Crippen LogP) is 12.9. The highest BCUT2D eigenvalue weighted by atomic mass is 14.7. The molecule has 0 bridgehead atoms. The van der Waals surface area contributed by atoms with Gasteiger partial charge in [0.15, 0.2) is 0 Å². The number of nitrogens with one attached hydrogen (secondary N) is 1. The van der Waals surface area contributed by atoms with Gasteiger partial charge in [-0.2, -0.15) is 0 Å². The molecule has 3 nitrogen and oxygen atoms in total. The van der Waals surface area contributed by atoms with E-state index in [9.17, 15) is 0 Å². The van der Waals surface area contributed by atoms with E-state index in [0.29, 0.717) is 5.70 Å². The van der Waals surface area contributed by atoms with Gasteiger partial charge < -0.3 is 11.1 Å². The first kappa shape index (κ1) is 36.5. The van der Waals surface area contributed by atoms with E-state index in [2.05, 4.69) is 118 Å². The first-order chi connectivity index (χ1) is 24.3. The van der Waals surface area contributed by atoms with E-state index < -0.39 is 0 Å². The summed E-state index contributed by atoms with van der Waals surface area (Å²) in [6.45, 7) is 21.0. The van der Waals surface area contributed by atoms with Gasteiger partial charge in [0, 0.05) is 23.0 Å². The quantitative estimate of drug-likeness (QED) is 0.127. The van der Waals surface area contributed by atoms with Crippen LogP contribution < -0.4 is 5.73 Å². The number of nitrogens with zero attached hydrogens (tertiary/aromatic N) is 1. The molecule has 5 aromatic carbocycles. The fraction of sp³-hybridized carbons (Fsp3) is 0.0638. The zero-order valence-corrected chi connectivity index (χ0v) is 29.3. The summed E-state index contributed by atoms with van der Waals surface area (Å²) in [4.78, 5) is 4.75. The first-order valence-corrected chi connectivity index (χ1v) is 16.5. The molecule has 0 aliphatic heterocycles. The molecule has 3 N–H and O–H groups in total. The van der Waals surface area contributed by atoms with Gasteiger partial charge in [0.1, 0.15) is 0 Å². The van der Waals surface area contributed by atoms with Gasteiger partial charge in [0.2, 0.25) is 0 Å². The van der Waals surface area contributed by atoms with Crippen LogP contribution >= 0.6 is 0 Å². The summed E-state index contributed by atoms with van der Waals surface area (Å²) in [6, 6.07) is 34.6. The van der Waals surface area contributed by atoms with Crippen LogP contribution in [0.4, 0.5) is 0 Å². The summed E-state index contributed by atoms with van der Waals surface area (Å²) in [5, 5.41) is 10.9. The van der Waals surface area contributed by atoms with Crippen molar-refractivity contribution in [1.29, 1.82) is 5.41 Å². The standard InChI is InChI=1S/C41H34N2.C4H6.C2H5N/c1-5-8-16-38(42)33-21-22-39(43-26-33)30-12-11-13-31(25-30)40-34(6-2)35(7-3)41(37-15-10-9-14-36(37)40)32-20-19-28-23-27(4)17-18-29(28)24-32;1-3-4-2;1-2-3/h5-26H,2-3,42H2,1,4H3;3-4H,1-2H2;2-3H,1H3/b8-5-,38-16-;;. The van der Waals surface area contributed by atoms with Gasteiger partial charge in [0.05, 0.1) is 5.69 Å². The van der Waals surface area contributed by atoms with Gasteiger partial charge in [0.25, 0.3) is 0 Å². The lowest BCUT2D eigenvalue weighted by Crippen LogP contribution is -1.97. The number of fused-ring (bicyclic) bond motifs is 2. The van der Waals surface area contributed by atoms with Crippen molar-refractivity contribution in [3.8, 4) is 33.5 Å². The Balaban J connectivity index is 0.000000738. The van der Waals surface area contributed by atoms with Gasteiger partial charge in [-0.05, 0) is 112 Å². The van der Waals surface area contributed by atoms with Crippen LogP contribution in [-0.4, -0.2) is 11.2 Å². The Morgan fingerprint density at radius 2 is 1.26 bits per heavy atom. The second kappa shape index (κ2) is 17.7. The third kappa shape index (κ3) is 8.21. The number of pyridine rings is 1. The lowest BCUT2D eigenvalue weighted by atomic mass is 9.83. The Morgan fingerprint density at radius 3 is 1.82 bits per heavy atom. The van der Waals surface area contributed by atoms with E-state index >= 15 is 0 Å². The van der Waals surface area contributed by atoms with Crippen molar-refractivity contribution < 1.29 is 0 Å². The molecular weight excluding hydrogens is 607 g/mol. The van der Waals surface area contributed by atoms with Gasteiger partial charge in [-0.1, -0.05) is 141 Å². The molecule has 248 valence electrons. The lowest BCUT2D eigenvalue weighted by Gasteiger charge is -2.21. The van der Waals surface area contributed by atoms with Crippen LogP contribution in [0, 0.1) is 12.3 Å². The molecule has 0 aliphatic rings. The highest BCUT2D eigenvalue weighted by molar-refractivity contribution is 6.12. The zero-order chi connectivity index (χ0) is 36.0. The molecule has 50 heavy (non-hydrogen) atoms. The van der Waals surface area contributed by atoms with Crippen molar-refractivity contribution >= 4 is 45.6 Å². The Morgan fingerprint density at radius 1 is 0.680 bits per heavy atom. The van der Waals surface area contributed by atoms with Crippen LogP contribution in [0.3, 0.4) is 0 Å². The lowest BCUT2D eigenvalue weighted by molar-refractivity contribution is 1.30. The molecule has 1 aromatic heterocycles. The molecule has 0 saturated heterocycles. The number of hydrogen-bond donors (Lipinski definition) is 2. The average Bonchev–Trinajstić information content (AvgIpc) is 3.16. The monoisotopic (exact) mass is 651 g/mol. The minimum Gasteiger partial charge on any atom is -0.398 e. The summed E-state index contributed by atoms with van der Waals surface area (Å²) in [6.07, 6.45) is 16.1. The van der Waals surface area contributed by atoms with Crippen LogP contribution in [-0.2, 0) is 0 Å². The minimum atomic E-state index is 0.687. The Hall–Kier alpha value is -6.32. The van der Waals surface area contributed by atoms with Crippen molar-refractivity contribution in [1.82, 2.24) is 4.98 Å². The van der Waals surface area contributed by atoms with Gasteiger partial charge in [-0.3, -0.25) is 4.98 Å². The molecule has 6 rings (SSSR count). The van der Waals surface area contributed by atoms with Crippen molar-refractivity contribution in [2.75, 3.05) is 0 Å². The minimum absolute atomic E-state index is 0.687. The molecule has 0 atom stereocenters. The molecule has 3 heteroatoms. The van der Waals surface area contributed by atoms with Gasteiger partial charge in [-0.25, -0.2) is 0 Å². The number of aryl methyl sites for hydroxylation is 1. The maximum atomic E-state index is 6.22. The SMILES string of the molecule is C=CC=C.C=Cc1c(C=C)c(-c2ccc3cc(C)ccc3c2)c2ccccc2c1-c1cccc(-c2ccc(/C(N)=C/C=C\C)cn2)c1.CC=N.